The van der Waals surface area contributed by atoms with E-state index in [1.54, 1.807) is 54.7 Å². The van der Waals surface area contributed by atoms with Gasteiger partial charge in [-0.3, -0.25) is 4.79 Å². The monoisotopic (exact) mass is 473 g/mol. The summed E-state index contributed by atoms with van der Waals surface area (Å²) in [7, 11) is 0. The molecule has 0 radical (unpaired) electrons. The van der Waals surface area contributed by atoms with Gasteiger partial charge < -0.3 is 9.67 Å². The standard InChI is InChI=1S/C25H20BrN3O2/c26-21-13-15-22(16-14-21)29-17-7-12-23(29)18-27-28-24(30)25(31,19-8-3-1-4-9-19)20-10-5-2-6-11-20/h1-18,31H,(H,28,30). The van der Waals surface area contributed by atoms with Crippen molar-refractivity contribution in [2.24, 2.45) is 5.10 Å². The lowest BCUT2D eigenvalue weighted by Crippen LogP contribution is -2.43. The minimum absolute atomic E-state index is 0.465. The molecule has 5 nitrogen and oxygen atoms in total. The minimum Gasteiger partial charge on any atom is -0.372 e. The van der Waals surface area contributed by atoms with Crippen LogP contribution in [0, 0.1) is 0 Å². The maximum Gasteiger partial charge on any atom is 0.281 e. The van der Waals surface area contributed by atoms with E-state index in [2.05, 4.69) is 26.5 Å². The van der Waals surface area contributed by atoms with Crippen LogP contribution >= 0.6 is 15.9 Å². The van der Waals surface area contributed by atoms with Gasteiger partial charge in [-0.15, -0.1) is 0 Å². The molecule has 0 spiro atoms. The van der Waals surface area contributed by atoms with E-state index < -0.39 is 11.5 Å². The molecule has 2 N–H and O–H groups in total. The van der Waals surface area contributed by atoms with E-state index in [9.17, 15) is 9.90 Å². The molecular weight excluding hydrogens is 454 g/mol. The van der Waals surface area contributed by atoms with Crippen LogP contribution in [0.4, 0.5) is 0 Å². The van der Waals surface area contributed by atoms with Crippen LogP contribution in [0.3, 0.4) is 0 Å². The van der Waals surface area contributed by atoms with Gasteiger partial charge in [0, 0.05) is 16.4 Å². The predicted molar refractivity (Wildman–Crippen MR) is 125 cm³/mol. The summed E-state index contributed by atoms with van der Waals surface area (Å²) in [5.41, 5.74) is 3.32. The van der Waals surface area contributed by atoms with E-state index >= 15 is 0 Å². The Morgan fingerprint density at radius 2 is 1.45 bits per heavy atom. The van der Waals surface area contributed by atoms with Crippen LogP contribution in [-0.4, -0.2) is 21.8 Å². The normalized spacial score (nSPS) is 11.5. The maximum atomic E-state index is 13.1. The highest BCUT2D eigenvalue weighted by atomic mass is 79.9. The van der Waals surface area contributed by atoms with Crippen molar-refractivity contribution in [1.29, 1.82) is 0 Å². The molecule has 0 saturated heterocycles. The number of aromatic nitrogens is 1. The molecule has 0 saturated carbocycles. The molecule has 6 heteroatoms. The molecule has 1 heterocycles. The highest BCUT2D eigenvalue weighted by molar-refractivity contribution is 9.10. The van der Waals surface area contributed by atoms with Gasteiger partial charge in [-0.05, 0) is 47.5 Å². The lowest BCUT2D eigenvalue weighted by molar-refractivity contribution is -0.136. The number of hydrogen-bond donors (Lipinski definition) is 2. The molecular formula is C25H20BrN3O2. The number of carbonyl (C=O) groups is 1. The maximum absolute atomic E-state index is 13.1. The van der Waals surface area contributed by atoms with Gasteiger partial charge in [-0.1, -0.05) is 76.6 Å². The van der Waals surface area contributed by atoms with Crippen LogP contribution in [0.2, 0.25) is 0 Å². The SMILES string of the molecule is O=C(NN=Cc1cccn1-c1ccc(Br)cc1)C(O)(c1ccccc1)c1ccccc1. The van der Waals surface area contributed by atoms with Crippen molar-refractivity contribution in [3.05, 3.63) is 125 Å². The van der Waals surface area contributed by atoms with E-state index in [1.165, 1.54) is 0 Å². The number of rotatable bonds is 6. The fourth-order valence-electron chi connectivity index (χ4n) is 3.36. The second kappa shape index (κ2) is 9.12. The van der Waals surface area contributed by atoms with Gasteiger partial charge in [0.25, 0.3) is 5.91 Å². The van der Waals surface area contributed by atoms with Gasteiger partial charge in [0.15, 0.2) is 5.60 Å². The molecule has 3 aromatic carbocycles. The highest BCUT2D eigenvalue weighted by Crippen LogP contribution is 2.29. The molecule has 154 valence electrons. The van der Waals surface area contributed by atoms with Crippen LogP contribution in [0.1, 0.15) is 16.8 Å². The van der Waals surface area contributed by atoms with Crippen LogP contribution in [0.5, 0.6) is 0 Å². The molecule has 0 aliphatic rings. The first kappa shape index (κ1) is 20.8. The minimum atomic E-state index is -1.87. The summed E-state index contributed by atoms with van der Waals surface area (Å²) in [5.74, 6) is -0.636. The Labute approximate surface area is 188 Å². The number of benzene rings is 3. The van der Waals surface area contributed by atoms with Gasteiger partial charge in [0.1, 0.15) is 0 Å². The number of aliphatic hydroxyl groups is 1. The second-order valence-electron chi connectivity index (χ2n) is 6.92. The van der Waals surface area contributed by atoms with Crippen LogP contribution in [-0.2, 0) is 10.4 Å². The lowest BCUT2D eigenvalue weighted by Gasteiger charge is -2.27. The van der Waals surface area contributed by atoms with E-state index in [4.69, 9.17) is 0 Å². The number of halogens is 1. The zero-order valence-corrected chi connectivity index (χ0v) is 18.1. The van der Waals surface area contributed by atoms with Crippen molar-refractivity contribution in [1.82, 2.24) is 9.99 Å². The summed E-state index contributed by atoms with van der Waals surface area (Å²) < 4.78 is 2.94. The van der Waals surface area contributed by atoms with E-state index in [-0.39, 0.29) is 0 Å². The molecule has 1 aromatic heterocycles. The topological polar surface area (TPSA) is 66.6 Å². The molecule has 0 aliphatic heterocycles. The quantitative estimate of drug-likeness (QED) is 0.316. The number of carbonyl (C=O) groups excluding carboxylic acids is 1. The molecule has 0 bridgehead atoms. The van der Waals surface area contributed by atoms with Gasteiger partial charge in [0.05, 0.1) is 11.9 Å². The van der Waals surface area contributed by atoms with Crippen LogP contribution in [0.25, 0.3) is 5.69 Å². The molecule has 0 fully saturated rings. The average Bonchev–Trinajstić information content (AvgIpc) is 3.28. The summed E-state index contributed by atoms with van der Waals surface area (Å²) in [6, 6.07) is 29.3. The summed E-state index contributed by atoms with van der Waals surface area (Å²) >= 11 is 3.44. The molecule has 4 rings (SSSR count). The predicted octanol–water partition coefficient (Wildman–Crippen LogP) is 4.63. The average molecular weight is 474 g/mol. The van der Waals surface area contributed by atoms with Crippen LogP contribution in [0.15, 0.2) is 113 Å². The first-order valence-electron chi connectivity index (χ1n) is 9.69. The lowest BCUT2D eigenvalue weighted by atomic mass is 9.85. The Balaban J connectivity index is 1.59. The van der Waals surface area contributed by atoms with Gasteiger partial charge in [0.2, 0.25) is 0 Å². The third-order valence-electron chi connectivity index (χ3n) is 4.96. The zero-order chi connectivity index (χ0) is 21.7. The highest BCUT2D eigenvalue weighted by Gasteiger charge is 2.39. The van der Waals surface area contributed by atoms with Gasteiger partial charge >= 0.3 is 0 Å². The fourth-order valence-corrected chi connectivity index (χ4v) is 3.63. The molecule has 0 atom stereocenters. The van der Waals surface area contributed by atoms with Crippen molar-refractivity contribution in [2.45, 2.75) is 5.60 Å². The van der Waals surface area contributed by atoms with E-state index in [0.717, 1.165) is 15.9 Å². The molecule has 1 amide bonds. The Morgan fingerprint density at radius 1 is 0.871 bits per heavy atom. The summed E-state index contributed by atoms with van der Waals surface area (Å²) in [6.45, 7) is 0. The largest absolute Gasteiger partial charge is 0.372 e. The number of amides is 1. The van der Waals surface area contributed by atoms with E-state index in [1.807, 2.05) is 59.3 Å². The van der Waals surface area contributed by atoms with Gasteiger partial charge in [-0.2, -0.15) is 5.10 Å². The first-order chi connectivity index (χ1) is 15.1. The van der Waals surface area contributed by atoms with Gasteiger partial charge in [-0.25, -0.2) is 5.43 Å². The molecule has 31 heavy (non-hydrogen) atoms. The first-order valence-corrected chi connectivity index (χ1v) is 10.5. The summed E-state index contributed by atoms with van der Waals surface area (Å²) in [4.78, 5) is 13.1. The molecule has 0 unspecified atom stereocenters. The molecule has 0 aliphatic carbocycles. The zero-order valence-electron chi connectivity index (χ0n) is 16.5. The molecule has 4 aromatic rings. The van der Waals surface area contributed by atoms with Crippen molar-refractivity contribution in [3.63, 3.8) is 0 Å². The third-order valence-corrected chi connectivity index (χ3v) is 5.49. The van der Waals surface area contributed by atoms with Crippen molar-refractivity contribution >= 4 is 28.1 Å². The number of nitrogens with zero attached hydrogens (tertiary/aromatic N) is 2. The fraction of sp³-hybridized carbons (Fsp3) is 0.0400. The van der Waals surface area contributed by atoms with Crippen molar-refractivity contribution in [2.75, 3.05) is 0 Å². The Kier molecular flexibility index (Phi) is 6.11. The van der Waals surface area contributed by atoms with Crippen molar-refractivity contribution < 1.29 is 9.90 Å². The van der Waals surface area contributed by atoms with Crippen molar-refractivity contribution in [3.8, 4) is 5.69 Å². The second-order valence-corrected chi connectivity index (χ2v) is 7.84. The smallest absolute Gasteiger partial charge is 0.281 e. The Morgan fingerprint density at radius 3 is 2.03 bits per heavy atom. The Bertz CT molecular complexity index is 1150. The number of nitrogens with one attached hydrogen (secondary N) is 1. The summed E-state index contributed by atoms with van der Waals surface area (Å²) in [5, 5.41) is 15.6. The van der Waals surface area contributed by atoms with E-state index in [0.29, 0.717) is 11.1 Å². The number of hydrazone groups is 1. The third kappa shape index (κ3) is 4.35. The Hall–Kier alpha value is -3.48. The number of hydrogen-bond acceptors (Lipinski definition) is 3. The van der Waals surface area contributed by atoms with Crippen LogP contribution < -0.4 is 5.43 Å². The summed E-state index contributed by atoms with van der Waals surface area (Å²) in [6.07, 6.45) is 3.47.